The molecule has 1 saturated heterocycles. The minimum Gasteiger partial charge on any atom is -0.497 e. The summed E-state index contributed by atoms with van der Waals surface area (Å²) < 4.78 is 35.3. The third kappa shape index (κ3) is 4.78. The van der Waals surface area contributed by atoms with Crippen LogP contribution in [0.3, 0.4) is 0 Å². The van der Waals surface area contributed by atoms with Crippen molar-refractivity contribution in [3.05, 3.63) is 107 Å². The molecule has 2 aliphatic rings. The van der Waals surface area contributed by atoms with Crippen molar-refractivity contribution in [2.24, 2.45) is 0 Å². The number of halogens is 1. The van der Waals surface area contributed by atoms with E-state index < -0.39 is 16.1 Å². The predicted molar refractivity (Wildman–Crippen MR) is 152 cm³/mol. The molecule has 6 rings (SSSR count). The van der Waals surface area contributed by atoms with Crippen LogP contribution in [-0.4, -0.2) is 57.4 Å². The number of amides is 1. The monoisotopic (exact) mass is 561 g/mol. The van der Waals surface area contributed by atoms with E-state index in [1.165, 1.54) is 12.1 Å². The molecule has 0 radical (unpaired) electrons. The lowest BCUT2D eigenvalue weighted by Crippen LogP contribution is -2.51. The first kappa shape index (κ1) is 25.8. The molecule has 0 spiro atoms. The Bertz CT molecular complexity index is 1650. The maximum atomic E-state index is 13.5. The minimum absolute atomic E-state index is 0.0367. The van der Waals surface area contributed by atoms with E-state index in [1.807, 2.05) is 35.2 Å². The summed E-state index contributed by atoms with van der Waals surface area (Å²) in [6.07, 6.45) is 0. The SMILES string of the molecule is COc1cccc(C(=O)N2CCN([C@H]3c4cccc5cccc(c45)[C@@H]3NS(=O)(=O)c3ccc(Cl)cc3)CC2)c1. The van der Waals surface area contributed by atoms with E-state index in [4.69, 9.17) is 16.3 Å². The number of ether oxygens (including phenoxy) is 1. The Kier molecular flexibility index (Phi) is 6.81. The second kappa shape index (κ2) is 10.3. The smallest absolute Gasteiger partial charge is 0.254 e. The highest BCUT2D eigenvalue weighted by Gasteiger charge is 2.41. The Morgan fingerprint density at radius 3 is 2.26 bits per heavy atom. The minimum atomic E-state index is -3.83. The third-order valence-electron chi connectivity index (χ3n) is 7.66. The van der Waals surface area contributed by atoms with E-state index in [0.29, 0.717) is 42.5 Å². The molecule has 39 heavy (non-hydrogen) atoms. The second-order valence-electron chi connectivity index (χ2n) is 9.85. The fourth-order valence-electron chi connectivity index (χ4n) is 5.78. The molecule has 200 valence electrons. The highest BCUT2D eigenvalue weighted by molar-refractivity contribution is 7.89. The molecule has 4 aromatic carbocycles. The summed E-state index contributed by atoms with van der Waals surface area (Å²) in [6, 6.07) is 24.9. The topological polar surface area (TPSA) is 79.0 Å². The van der Waals surface area contributed by atoms with Crippen molar-refractivity contribution in [1.82, 2.24) is 14.5 Å². The van der Waals surface area contributed by atoms with Crippen molar-refractivity contribution < 1.29 is 17.9 Å². The number of piperazine rings is 1. The van der Waals surface area contributed by atoms with Gasteiger partial charge in [0.05, 0.1) is 24.1 Å². The number of nitrogens with one attached hydrogen (secondary N) is 1. The summed E-state index contributed by atoms with van der Waals surface area (Å²) in [4.78, 5) is 17.5. The number of rotatable bonds is 6. The number of hydrogen-bond donors (Lipinski definition) is 1. The molecule has 0 aromatic heterocycles. The van der Waals surface area contributed by atoms with Gasteiger partial charge in [-0.15, -0.1) is 0 Å². The number of benzene rings is 4. The van der Waals surface area contributed by atoms with Crippen molar-refractivity contribution >= 4 is 38.3 Å². The Morgan fingerprint density at radius 1 is 0.897 bits per heavy atom. The molecule has 1 heterocycles. The molecule has 4 aromatic rings. The van der Waals surface area contributed by atoms with Crippen molar-refractivity contribution in [3.63, 3.8) is 0 Å². The molecule has 7 nitrogen and oxygen atoms in total. The van der Waals surface area contributed by atoms with E-state index >= 15 is 0 Å². The molecule has 9 heteroatoms. The van der Waals surface area contributed by atoms with Crippen LogP contribution in [0.4, 0.5) is 0 Å². The molecule has 1 aliphatic heterocycles. The first-order chi connectivity index (χ1) is 18.9. The van der Waals surface area contributed by atoms with Gasteiger partial charge < -0.3 is 9.64 Å². The number of carbonyl (C=O) groups excluding carboxylic acids is 1. The Labute approximate surface area is 233 Å². The van der Waals surface area contributed by atoms with Gasteiger partial charge in [-0.1, -0.05) is 54.1 Å². The maximum Gasteiger partial charge on any atom is 0.254 e. The Morgan fingerprint density at radius 2 is 1.56 bits per heavy atom. The molecule has 1 fully saturated rings. The molecular weight excluding hydrogens is 534 g/mol. The van der Waals surface area contributed by atoms with Crippen LogP contribution in [0.25, 0.3) is 10.8 Å². The van der Waals surface area contributed by atoms with Gasteiger partial charge in [0.2, 0.25) is 10.0 Å². The van der Waals surface area contributed by atoms with Gasteiger partial charge in [-0.05, 0) is 64.4 Å². The first-order valence-corrected chi connectivity index (χ1v) is 14.7. The third-order valence-corrected chi connectivity index (χ3v) is 9.37. The van der Waals surface area contributed by atoms with E-state index in [9.17, 15) is 13.2 Å². The number of methoxy groups -OCH3 is 1. The first-order valence-electron chi connectivity index (χ1n) is 12.8. The van der Waals surface area contributed by atoms with Crippen molar-refractivity contribution in [2.45, 2.75) is 17.0 Å². The molecule has 1 N–H and O–H groups in total. The molecular formula is C30H28ClN3O4S. The van der Waals surface area contributed by atoms with Gasteiger partial charge in [0.1, 0.15) is 5.75 Å². The summed E-state index contributed by atoms with van der Waals surface area (Å²) in [5.74, 6) is 0.609. The zero-order valence-corrected chi connectivity index (χ0v) is 23.0. The van der Waals surface area contributed by atoms with Crippen molar-refractivity contribution in [3.8, 4) is 5.75 Å². The lowest BCUT2D eigenvalue weighted by molar-refractivity contribution is 0.0539. The molecule has 2 atom stereocenters. The van der Waals surface area contributed by atoms with E-state index in [0.717, 1.165) is 21.9 Å². The average Bonchev–Trinajstić information content (AvgIpc) is 3.27. The maximum absolute atomic E-state index is 13.5. The molecule has 1 amide bonds. The van der Waals surface area contributed by atoms with Gasteiger partial charge in [0.25, 0.3) is 5.91 Å². The van der Waals surface area contributed by atoms with Gasteiger partial charge >= 0.3 is 0 Å². The van der Waals surface area contributed by atoms with Gasteiger partial charge in [-0.3, -0.25) is 9.69 Å². The largest absolute Gasteiger partial charge is 0.497 e. The van der Waals surface area contributed by atoms with E-state index in [-0.39, 0.29) is 16.8 Å². The summed E-state index contributed by atoms with van der Waals surface area (Å²) in [6.45, 7) is 2.30. The highest BCUT2D eigenvalue weighted by Crippen LogP contribution is 2.48. The van der Waals surface area contributed by atoms with E-state index in [1.54, 1.807) is 31.4 Å². The zero-order valence-electron chi connectivity index (χ0n) is 21.4. The molecule has 1 aliphatic carbocycles. The van der Waals surface area contributed by atoms with Crippen molar-refractivity contribution in [1.29, 1.82) is 0 Å². The van der Waals surface area contributed by atoms with Crippen LogP contribution >= 0.6 is 11.6 Å². The molecule has 0 saturated carbocycles. The number of sulfonamides is 1. The normalized spacial score (nSPS) is 19.4. The van der Waals surface area contributed by atoms with Gasteiger partial charge in [-0.2, -0.15) is 0 Å². The quantitative estimate of drug-likeness (QED) is 0.357. The van der Waals surface area contributed by atoms with Crippen LogP contribution in [0.5, 0.6) is 5.75 Å². The Hall–Kier alpha value is -3.43. The fraction of sp³-hybridized carbons (Fsp3) is 0.233. The summed E-state index contributed by atoms with van der Waals surface area (Å²) in [5, 5.41) is 2.64. The number of carbonyl (C=O) groups is 1. The van der Waals surface area contributed by atoms with Crippen LogP contribution in [0.1, 0.15) is 33.6 Å². The molecule has 0 unspecified atom stereocenters. The van der Waals surface area contributed by atoms with Gasteiger partial charge in [-0.25, -0.2) is 13.1 Å². The Balaban J connectivity index is 1.29. The summed E-state index contributed by atoms with van der Waals surface area (Å²) >= 11 is 6.00. The van der Waals surface area contributed by atoms with Crippen molar-refractivity contribution in [2.75, 3.05) is 33.3 Å². The van der Waals surface area contributed by atoms with Crippen LogP contribution in [0, 0.1) is 0 Å². The highest BCUT2D eigenvalue weighted by atomic mass is 35.5. The second-order valence-corrected chi connectivity index (χ2v) is 12.0. The average molecular weight is 562 g/mol. The standard InChI is InChI=1S/C30H28ClN3O4S/c1-38-23-8-2-7-21(19-23)30(35)34-17-15-33(16-18-34)29-26-10-4-6-20-5-3-9-25(27(20)26)28(29)32-39(36,37)24-13-11-22(31)12-14-24/h2-14,19,28-29,32H,15-18H2,1H3/t28-,29-/m0/s1. The van der Waals surface area contributed by atoms with Crippen LogP contribution < -0.4 is 9.46 Å². The number of nitrogens with zero attached hydrogens (tertiary/aromatic N) is 2. The summed E-state index contributed by atoms with van der Waals surface area (Å²) in [5.41, 5.74) is 2.65. The lowest BCUT2D eigenvalue weighted by atomic mass is 10.0. The predicted octanol–water partition coefficient (Wildman–Crippen LogP) is 5.03. The summed E-state index contributed by atoms with van der Waals surface area (Å²) in [7, 11) is -2.24. The van der Waals surface area contributed by atoms with E-state index in [2.05, 4.69) is 27.8 Å². The van der Waals surface area contributed by atoms with Crippen LogP contribution in [0.15, 0.2) is 89.8 Å². The van der Waals surface area contributed by atoms with Crippen LogP contribution in [0.2, 0.25) is 5.02 Å². The van der Waals surface area contributed by atoms with Gasteiger partial charge in [0.15, 0.2) is 0 Å². The van der Waals surface area contributed by atoms with Crippen LogP contribution in [-0.2, 0) is 10.0 Å². The number of hydrogen-bond acceptors (Lipinski definition) is 5. The fourth-order valence-corrected chi connectivity index (χ4v) is 7.13. The molecule has 0 bridgehead atoms. The van der Waals surface area contributed by atoms with Gasteiger partial charge in [0, 0.05) is 36.8 Å². The lowest BCUT2D eigenvalue weighted by Gasteiger charge is -2.40. The zero-order chi connectivity index (χ0) is 27.1.